The number of aromatic hydroxyl groups is 3. The molecule has 0 saturated heterocycles. The molecule has 31 heavy (non-hydrogen) atoms. The molecule has 7 nitrogen and oxygen atoms in total. The number of carbonyl (C=O) groups excluding carboxylic acids is 1. The van der Waals surface area contributed by atoms with Crippen LogP contribution in [0.15, 0.2) is 69.9 Å². The molecule has 0 unspecified atom stereocenters. The van der Waals surface area contributed by atoms with Crippen molar-refractivity contribution >= 4 is 16.9 Å². The molecule has 1 atom stereocenters. The molecule has 0 bridgehead atoms. The van der Waals surface area contributed by atoms with Gasteiger partial charge in [-0.3, -0.25) is 9.59 Å². The summed E-state index contributed by atoms with van der Waals surface area (Å²) < 4.78 is 11.4. The number of esters is 1. The minimum absolute atomic E-state index is 0.0237. The van der Waals surface area contributed by atoms with E-state index in [-0.39, 0.29) is 46.1 Å². The molecule has 0 saturated carbocycles. The Bertz CT molecular complexity index is 1400. The first-order valence-electron chi connectivity index (χ1n) is 9.54. The van der Waals surface area contributed by atoms with Crippen LogP contribution in [0.1, 0.15) is 23.5 Å². The van der Waals surface area contributed by atoms with E-state index >= 15 is 0 Å². The predicted molar refractivity (Wildman–Crippen MR) is 111 cm³/mol. The number of phenols is 3. The maximum atomic E-state index is 12.9. The summed E-state index contributed by atoms with van der Waals surface area (Å²) in [4.78, 5) is 25.1. The second kappa shape index (κ2) is 6.91. The van der Waals surface area contributed by atoms with Gasteiger partial charge in [0.1, 0.15) is 28.2 Å². The molecule has 1 aliphatic rings. The van der Waals surface area contributed by atoms with Crippen LogP contribution in [0.25, 0.3) is 22.3 Å². The molecule has 0 fully saturated rings. The summed E-state index contributed by atoms with van der Waals surface area (Å²) in [6, 6.07) is 15.8. The van der Waals surface area contributed by atoms with E-state index in [2.05, 4.69) is 0 Å². The number of rotatable bonds is 2. The average molecular weight is 416 g/mol. The highest BCUT2D eigenvalue weighted by atomic mass is 16.5. The first-order valence-corrected chi connectivity index (χ1v) is 9.54. The van der Waals surface area contributed by atoms with Gasteiger partial charge in [0.2, 0.25) is 0 Å². The van der Waals surface area contributed by atoms with Crippen molar-refractivity contribution in [3.8, 4) is 34.3 Å². The van der Waals surface area contributed by atoms with Crippen molar-refractivity contribution in [3.63, 3.8) is 0 Å². The van der Waals surface area contributed by atoms with Crippen molar-refractivity contribution in [2.75, 3.05) is 0 Å². The van der Waals surface area contributed by atoms with Gasteiger partial charge in [0.05, 0.1) is 6.42 Å². The smallest absolute Gasteiger partial charge is 0.312 e. The molecule has 3 N–H and O–H groups in total. The number of fused-ring (bicyclic) bond motifs is 3. The Hall–Kier alpha value is -4.26. The largest absolute Gasteiger partial charge is 0.507 e. The molecule has 1 aromatic heterocycles. The summed E-state index contributed by atoms with van der Waals surface area (Å²) in [5.74, 6) is -1.67. The highest BCUT2D eigenvalue weighted by molar-refractivity contribution is 5.93. The number of phenolic OH excluding ortho intramolecular Hbond substituents is 3. The Morgan fingerprint density at radius 2 is 1.61 bits per heavy atom. The van der Waals surface area contributed by atoms with Crippen molar-refractivity contribution < 1.29 is 29.3 Å². The van der Waals surface area contributed by atoms with E-state index < -0.39 is 17.3 Å². The Balaban J connectivity index is 1.83. The third kappa shape index (κ3) is 3.07. The summed E-state index contributed by atoms with van der Waals surface area (Å²) in [7, 11) is 0. The fourth-order valence-corrected chi connectivity index (χ4v) is 3.95. The molecule has 2 heterocycles. The Kier molecular flexibility index (Phi) is 4.18. The lowest BCUT2D eigenvalue weighted by Gasteiger charge is -2.26. The van der Waals surface area contributed by atoms with Gasteiger partial charge in [-0.25, -0.2) is 0 Å². The quantitative estimate of drug-likeness (QED) is 0.257. The summed E-state index contributed by atoms with van der Waals surface area (Å²) >= 11 is 0. The second-order valence-corrected chi connectivity index (χ2v) is 7.33. The van der Waals surface area contributed by atoms with Gasteiger partial charge in [-0.2, -0.15) is 0 Å². The standard InChI is InChI=1S/C24H16O7/c25-15-7-6-13(8-16(15)26)19-10-17(27)23-18(28)11-20-22(24(23)31-19)14(9-21(29)30-20)12-4-2-1-3-5-12/h1-8,10-11,14,25-26,28H,9H2/t14-/m0/s1. The Morgan fingerprint density at radius 3 is 2.35 bits per heavy atom. The number of ether oxygens (including phenoxy) is 1. The molecule has 0 amide bonds. The van der Waals surface area contributed by atoms with Gasteiger partial charge in [-0.15, -0.1) is 0 Å². The van der Waals surface area contributed by atoms with Crippen LogP contribution in [0.5, 0.6) is 23.0 Å². The van der Waals surface area contributed by atoms with Crippen LogP contribution in [0.4, 0.5) is 0 Å². The van der Waals surface area contributed by atoms with Crippen molar-refractivity contribution in [3.05, 3.63) is 82.0 Å². The minimum Gasteiger partial charge on any atom is -0.507 e. The monoisotopic (exact) mass is 416 g/mol. The van der Waals surface area contributed by atoms with E-state index in [4.69, 9.17) is 9.15 Å². The van der Waals surface area contributed by atoms with Crippen molar-refractivity contribution in [2.45, 2.75) is 12.3 Å². The van der Waals surface area contributed by atoms with E-state index in [9.17, 15) is 24.9 Å². The second-order valence-electron chi connectivity index (χ2n) is 7.33. The number of carbonyl (C=O) groups is 1. The third-order valence-electron chi connectivity index (χ3n) is 5.39. The van der Waals surface area contributed by atoms with Crippen LogP contribution in [0, 0.1) is 0 Å². The fraction of sp³-hybridized carbons (Fsp3) is 0.0833. The zero-order valence-electron chi connectivity index (χ0n) is 16.0. The molecule has 5 rings (SSSR count). The lowest BCUT2D eigenvalue weighted by Crippen LogP contribution is -2.22. The zero-order valence-corrected chi connectivity index (χ0v) is 16.0. The van der Waals surface area contributed by atoms with Gasteiger partial charge < -0.3 is 24.5 Å². The first kappa shape index (κ1) is 18.7. The summed E-state index contributed by atoms with van der Waals surface area (Å²) in [5, 5.41) is 29.9. The summed E-state index contributed by atoms with van der Waals surface area (Å²) in [6.45, 7) is 0. The lowest BCUT2D eigenvalue weighted by molar-refractivity contribution is -0.135. The zero-order chi connectivity index (χ0) is 21.7. The number of hydrogen-bond donors (Lipinski definition) is 3. The van der Waals surface area contributed by atoms with Crippen LogP contribution in [-0.4, -0.2) is 21.3 Å². The third-order valence-corrected chi connectivity index (χ3v) is 5.39. The molecular formula is C24H16O7. The number of benzene rings is 3. The van der Waals surface area contributed by atoms with Crippen molar-refractivity contribution in [2.24, 2.45) is 0 Å². The van der Waals surface area contributed by atoms with E-state index in [0.29, 0.717) is 11.1 Å². The normalized spacial score (nSPS) is 15.5. The van der Waals surface area contributed by atoms with E-state index in [1.807, 2.05) is 30.3 Å². The topological polar surface area (TPSA) is 117 Å². The molecule has 1 aliphatic heterocycles. The minimum atomic E-state index is -0.493. The molecule has 0 aliphatic carbocycles. The highest BCUT2D eigenvalue weighted by Crippen LogP contribution is 2.46. The van der Waals surface area contributed by atoms with Crippen LogP contribution in [0.3, 0.4) is 0 Å². The van der Waals surface area contributed by atoms with Gasteiger partial charge >= 0.3 is 5.97 Å². The van der Waals surface area contributed by atoms with E-state index in [1.165, 1.54) is 30.3 Å². The maximum Gasteiger partial charge on any atom is 0.312 e. The van der Waals surface area contributed by atoms with Crippen LogP contribution < -0.4 is 10.2 Å². The molecule has 0 radical (unpaired) electrons. The van der Waals surface area contributed by atoms with Gasteiger partial charge in [0, 0.05) is 29.2 Å². The summed E-state index contributed by atoms with van der Waals surface area (Å²) in [6.07, 6.45) is 0.0465. The van der Waals surface area contributed by atoms with Crippen molar-refractivity contribution in [1.29, 1.82) is 0 Å². The number of hydrogen-bond acceptors (Lipinski definition) is 7. The molecule has 3 aromatic carbocycles. The van der Waals surface area contributed by atoms with E-state index in [0.717, 1.165) is 5.56 Å². The SMILES string of the molecule is O=C1C[C@@H](c2ccccc2)c2c(cc(O)c3c(=O)cc(-c4ccc(O)c(O)c4)oc23)O1. The molecule has 0 spiro atoms. The first-order chi connectivity index (χ1) is 14.9. The van der Waals surface area contributed by atoms with Crippen LogP contribution in [-0.2, 0) is 4.79 Å². The molecule has 154 valence electrons. The highest BCUT2D eigenvalue weighted by Gasteiger charge is 2.33. The van der Waals surface area contributed by atoms with Crippen LogP contribution >= 0.6 is 0 Å². The van der Waals surface area contributed by atoms with Gasteiger partial charge in [0.15, 0.2) is 16.9 Å². The van der Waals surface area contributed by atoms with Gasteiger partial charge in [-0.1, -0.05) is 30.3 Å². The van der Waals surface area contributed by atoms with Gasteiger partial charge in [-0.05, 0) is 23.8 Å². The Morgan fingerprint density at radius 1 is 0.839 bits per heavy atom. The maximum absolute atomic E-state index is 12.9. The van der Waals surface area contributed by atoms with Gasteiger partial charge in [0.25, 0.3) is 0 Å². The van der Waals surface area contributed by atoms with Crippen LogP contribution in [0.2, 0.25) is 0 Å². The fourth-order valence-electron chi connectivity index (χ4n) is 3.95. The predicted octanol–water partition coefficient (Wildman–Crippen LogP) is 4.02. The Labute approximate surface area is 175 Å². The molecular weight excluding hydrogens is 400 g/mol. The molecule has 4 aromatic rings. The summed E-state index contributed by atoms with van der Waals surface area (Å²) in [5.41, 5.74) is 1.29. The van der Waals surface area contributed by atoms with Crippen molar-refractivity contribution in [1.82, 2.24) is 0 Å². The lowest BCUT2D eigenvalue weighted by atomic mass is 9.85. The molecule has 7 heteroatoms. The average Bonchev–Trinajstić information content (AvgIpc) is 2.75. The van der Waals surface area contributed by atoms with E-state index in [1.54, 1.807) is 0 Å².